The largest absolute Gasteiger partial charge is 0.493 e. The lowest BCUT2D eigenvalue weighted by Crippen LogP contribution is -2.11. The van der Waals surface area contributed by atoms with Crippen LogP contribution in [0.3, 0.4) is 0 Å². The van der Waals surface area contributed by atoms with Crippen molar-refractivity contribution in [3.05, 3.63) is 69.3 Å². The van der Waals surface area contributed by atoms with Crippen molar-refractivity contribution >= 4 is 40.9 Å². The number of rotatable bonds is 4. The molecule has 0 atom stereocenters. The third-order valence-electron chi connectivity index (χ3n) is 4.32. The Labute approximate surface area is 165 Å². The molecule has 0 fully saturated rings. The van der Waals surface area contributed by atoms with E-state index in [0.29, 0.717) is 22.7 Å². The molecule has 2 aromatic carbocycles. The van der Waals surface area contributed by atoms with Gasteiger partial charge in [-0.2, -0.15) is 0 Å². The van der Waals surface area contributed by atoms with Gasteiger partial charge in [0.2, 0.25) is 5.88 Å². The normalized spacial score (nSPS) is 13.7. The third kappa shape index (κ3) is 3.16. The molecule has 7 heteroatoms. The fourth-order valence-electron chi connectivity index (χ4n) is 2.99. The zero-order valence-corrected chi connectivity index (χ0v) is 15.9. The molecule has 0 bridgehead atoms. The average molecular weight is 391 g/mol. The molecule has 4 rings (SSSR count). The number of thiazole rings is 1. The van der Waals surface area contributed by atoms with Gasteiger partial charge in [-0.3, -0.25) is 15.0 Å². The third-order valence-corrected chi connectivity index (χ3v) is 5.22. The molecular formula is C21H17N3O3S. The Morgan fingerprint density at radius 3 is 2.75 bits per heavy atom. The van der Waals surface area contributed by atoms with Crippen molar-refractivity contribution in [2.24, 2.45) is 4.99 Å². The SMILES string of the molecule is CCOC(=O)c1ccc(-n2c(O)c(/C=C3/C=Nc4ccccc43)sc2=N)cc1. The first-order chi connectivity index (χ1) is 13.6. The lowest BCUT2D eigenvalue weighted by molar-refractivity contribution is 0.0526. The van der Waals surface area contributed by atoms with Crippen LogP contribution in [0.25, 0.3) is 17.3 Å². The highest BCUT2D eigenvalue weighted by molar-refractivity contribution is 7.10. The number of benzene rings is 2. The zero-order valence-electron chi connectivity index (χ0n) is 15.0. The molecule has 0 spiro atoms. The number of nitrogens with one attached hydrogen (secondary N) is 1. The molecule has 6 nitrogen and oxygen atoms in total. The Morgan fingerprint density at radius 2 is 2.00 bits per heavy atom. The van der Waals surface area contributed by atoms with Crippen molar-refractivity contribution in [3.8, 4) is 11.6 Å². The molecule has 0 radical (unpaired) electrons. The van der Waals surface area contributed by atoms with Crippen LogP contribution in [0.2, 0.25) is 0 Å². The summed E-state index contributed by atoms with van der Waals surface area (Å²) in [5.41, 5.74) is 3.79. The van der Waals surface area contributed by atoms with E-state index in [4.69, 9.17) is 10.1 Å². The van der Waals surface area contributed by atoms with Crippen LogP contribution in [-0.4, -0.2) is 28.5 Å². The number of fused-ring (bicyclic) bond motifs is 1. The first-order valence-electron chi connectivity index (χ1n) is 8.70. The molecule has 1 aliphatic heterocycles. The van der Waals surface area contributed by atoms with Crippen LogP contribution in [-0.2, 0) is 4.74 Å². The first kappa shape index (κ1) is 17.9. The number of nitrogens with zero attached hydrogens (tertiary/aromatic N) is 2. The average Bonchev–Trinajstić information content (AvgIpc) is 3.23. The van der Waals surface area contributed by atoms with Crippen molar-refractivity contribution in [1.29, 1.82) is 5.41 Å². The molecule has 0 saturated heterocycles. The van der Waals surface area contributed by atoms with Crippen LogP contribution in [0.1, 0.15) is 27.7 Å². The molecule has 0 unspecified atom stereocenters. The molecule has 0 amide bonds. The lowest BCUT2D eigenvalue weighted by atomic mass is 10.1. The predicted molar refractivity (Wildman–Crippen MR) is 110 cm³/mol. The van der Waals surface area contributed by atoms with Gasteiger partial charge in [-0.25, -0.2) is 4.79 Å². The molecule has 28 heavy (non-hydrogen) atoms. The maximum atomic E-state index is 11.8. The lowest BCUT2D eigenvalue weighted by Gasteiger charge is -2.06. The van der Waals surface area contributed by atoms with E-state index in [0.717, 1.165) is 16.8 Å². The van der Waals surface area contributed by atoms with E-state index in [1.165, 1.54) is 15.9 Å². The van der Waals surface area contributed by atoms with Gasteiger partial charge in [0.05, 0.1) is 28.4 Å². The van der Waals surface area contributed by atoms with Gasteiger partial charge in [0.15, 0.2) is 4.80 Å². The summed E-state index contributed by atoms with van der Waals surface area (Å²) in [5.74, 6) is -0.423. The van der Waals surface area contributed by atoms with Crippen LogP contribution >= 0.6 is 11.3 Å². The number of carbonyl (C=O) groups excluding carboxylic acids is 1. The summed E-state index contributed by atoms with van der Waals surface area (Å²) in [5, 5.41) is 19.0. The maximum Gasteiger partial charge on any atom is 0.338 e. The Bertz CT molecular complexity index is 1170. The van der Waals surface area contributed by atoms with Crippen LogP contribution in [0.5, 0.6) is 5.88 Å². The van der Waals surface area contributed by atoms with E-state index >= 15 is 0 Å². The Morgan fingerprint density at radius 1 is 1.25 bits per heavy atom. The van der Waals surface area contributed by atoms with Crippen molar-refractivity contribution in [1.82, 2.24) is 4.57 Å². The topological polar surface area (TPSA) is 87.7 Å². The van der Waals surface area contributed by atoms with E-state index in [-0.39, 0.29) is 10.7 Å². The molecule has 0 aliphatic carbocycles. The van der Waals surface area contributed by atoms with Gasteiger partial charge in [-0.05, 0) is 43.3 Å². The Balaban J connectivity index is 1.70. The first-order valence-corrected chi connectivity index (χ1v) is 9.52. The van der Waals surface area contributed by atoms with Gasteiger partial charge in [0, 0.05) is 17.4 Å². The number of hydrogen-bond donors (Lipinski definition) is 2. The molecule has 0 saturated carbocycles. The standard InChI is InChI=1S/C21H17N3O3S/c1-2-27-20(26)13-7-9-15(10-8-13)24-19(25)18(28-21(24)22)11-14-12-23-17-6-4-3-5-16(14)17/h3-12,22,25H,2H2,1H3/b14-11-,22-21?. The van der Waals surface area contributed by atoms with Crippen LogP contribution < -0.4 is 4.80 Å². The summed E-state index contributed by atoms with van der Waals surface area (Å²) in [7, 11) is 0. The number of hydrogen-bond acceptors (Lipinski definition) is 6. The van der Waals surface area contributed by atoms with Gasteiger partial charge < -0.3 is 9.84 Å². The quantitative estimate of drug-likeness (QED) is 0.655. The van der Waals surface area contributed by atoms with Crippen molar-refractivity contribution < 1.29 is 14.6 Å². The molecule has 2 N–H and O–H groups in total. The molecule has 3 aromatic rings. The minimum Gasteiger partial charge on any atom is -0.493 e. The fraction of sp³-hybridized carbons (Fsp3) is 0.0952. The predicted octanol–water partition coefficient (Wildman–Crippen LogP) is 4.16. The number of allylic oxidation sites excluding steroid dienone is 1. The molecule has 1 aromatic heterocycles. The number of aromatic hydroxyl groups is 1. The van der Waals surface area contributed by atoms with Gasteiger partial charge in [0.1, 0.15) is 0 Å². The molecule has 2 heterocycles. The fourth-order valence-corrected chi connectivity index (χ4v) is 3.85. The van der Waals surface area contributed by atoms with Crippen molar-refractivity contribution in [2.75, 3.05) is 6.61 Å². The highest BCUT2D eigenvalue weighted by Crippen LogP contribution is 2.34. The number of aromatic nitrogens is 1. The second kappa shape index (κ2) is 7.28. The van der Waals surface area contributed by atoms with E-state index in [1.807, 2.05) is 30.3 Å². The summed E-state index contributed by atoms with van der Waals surface area (Å²) >= 11 is 1.17. The number of para-hydroxylation sites is 1. The van der Waals surface area contributed by atoms with E-state index in [2.05, 4.69) is 4.99 Å². The van der Waals surface area contributed by atoms with Gasteiger partial charge in [-0.1, -0.05) is 29.5 Å². The minimum absolute atomic E-state index is 0.0239. The zero-order chi connectivity index (χ0) is 19.7. The summed E-state index contributed by atoms with van der Waals surface area (Å²) in [4.78, 5) is 16.9. The number of aliphatic imine (C=N–C) groups is 1. The number of carbonyl (C=O) groups is 1. The van der Waals surface area contributed by atoms with E-state index < -0.39 is 5.97 Å². The van der Waals surface area contributed by atoms with E-state index in [1.54, 1.807) is 37.4 Å². The van der Waals surface area contributed by atoms with E-state index in [9.17, 15) is 9.90 Å². The Kier molecular flexibility index (Phi) is 4.67. The second-order valence-corrected chi connectivity index (χ2v) is 7.10. The molecule has 140 valence electrons. The highest BCUT2D eigenvalue weighted by atomic mass is 32.1. The van der Waals surface area contributed by atoms with Gasteiger partial charge in [0.25, 0.3) is 0 Å². The van der Waals surface area contributed by atoms with Gasteiger partial charge >= 0.3 is 5.97 Å². The number of ether oxygens (including phenoxy) is 1. The van der Waals surface area contributed by atoms with Crippen molar-refractivity contribution in [2.45, 2.75) is 6.92 Å². The number of esters is 1. The molecular weight excluding hydrogens is 374 g/mol. The maximum absolute atomic E-state index is 11.8. The van der Waals surface area contributed by atoms with Crippen LogP contribution in [0.4, 0.5) is 5.69 Å². The Hall–Kier alpha value is -3.45. The summed E-state index contributed by atoms with van der Waals surface area (Å²) < 4.78 is 6.41. The monoisotopic (exact) mass is 391 g/mol. The highest BCUT2D eigenvalue weighted by Gasteiger charge is 2.16. The van der Waals surface area contributed by atoms with Crippen LogP contribution in [0.15, 0.2) is 53.5 Å². The minimum atomic E-state index is -0.399. The summed E-state index contributed by atoms with van der Waals surface area (Å²) in [6.45, 7) is 2.06. The van der Waals surface area contributed by atoms with Crippen molar-refractivity contribution in [3.63, 3.8) is 0 Å². The van der Waals surface area contributed by atoms with Crippen LogP contribution in [0, 0.1) is 5.41 Å². The molecule has 1 aliphatic rings. The van der Waals surface area contributed by atoms with Gasteiger partial charge in [-0.15, -0.1) is 0 Å². The summed E-state index contributed by atoms with van der Waals surface area (Å²) in [6, 6.07) is 14.4. The smallest absolute Gasteiger partial charge is 0.338 e. The second-order valence-electron chi connectivity index (χ2n) is 6.07. The summed E-state index contributed by atoms with van der Waals surface area (Å²) in [6.07, 6.45) is 3.59.